The molecule has 0 aromatic heterocycles. The highest BCUT2D eigenvalue weighted by molar-refractivity contribution is 8.17. The van der Waals surface area contributed by atoms with Crippen LogP contribution in [0.4, 0.5) is 22.0 Å². The van der Waals surface area contributed by atoms with Crippen molar-refractivity contribution in [2.75, 3.05) is 26.3 Å². The van der Waals surface area contributed by atoms with Crippen LogP contribution in [-0.4, -0.2) is 47.0 Å². The Labute approximate surface area is 242 Å². The topological polar surface area (TPSA) is 61.9 Å². The van der Waals surface area contributed by atoms with Gasteiger partial charge in [-0.1, -0.05) is 43.1 Å². The molecule has 0 radical (unpaired) electrons. The second-order valence-corrected chi connectivity index (χ2v) is 11.1. The maximum atomic E-state index is 14.3. The quantitative estimate of drug-likeness (QED) is 0.167. The molecule has 1 aromatic carbocycles. The van der Waals surface area contributed by atoms with Crippen molar-refractivity contribution in [2.45, 2.75) is 45.1 Å². The van der Waals surface area contributed by atoms with Crippen LogP contribution >= 0.6 is 11.8 Å². The van der Waals surface area contributed by atoms with Crippen molar-refractivity contribution in [3.63, 3.8) is 0 Å². The van der Waals surface area contributed by atoms with E-state index in [1.54, 1.807) is 6.08 Å². The lowest BCUT2D eigenvalue weighted by atomic mass is 9.96. The number of hydrogen-bond donors (Lipinski definition) is 1. The molecule has 5 nitrogen and oxygen atoms in total. The molecule has 1 aliphatic carbocycles. The van der Waals surface area contributed by atoms with Gasteiger partial charge in [-0.05, 0) is 66.3 Å². The van der Waals surface area contributed by atoms with Gasteiger partial charge >= 0.3 is 6.18 Å². The van der Waals surface area contributed by atoms with Gasteiger partial charge in [-0.3, -0.25) is 9.80 Å². The molecule has 1 saturated heterocycles. The zero-order valence-corrected chi connectivity index (χ0v) is 23.8. The number of alkyl halides is 5. The highest BCUT2D eigenvalue weighted by Crippen LogP contribution is 2.34. The Morgan fingerprint density at radius 2 is 2.00 bits per heavy atom. The van der Waals surface area contributed by atoms with Gasteiger partial charge in [0.05, 0.1) is 17.8 Å². The molecule has 41 heavy (non-hydrogen) atoms. The summed E-state index contributed by atoms with van der Waals surface area (Å²) in [5.74, 6) is 0.497. The van der Waals surface area contributed by atoms with E-state index in [9.17, 15) is 26.7 Å². The number of thioether (sulfide) groups is 1. The Hall–Kier alpha value is -3.18. The summed E-state index contributed by atoms with van der Waals surface area (Å²) in [6.07, 6.45) is 4.33. The van der Waals surface area contributed by atoms with E-state index in [2.05, 4.69) is 23.2 Å². The molecular weight excluding hydrogens is 559 g/mol. The fourth-order valence-corrected chi connectivity index (χ4v) is 5.33. The number of carbonyl (C=O) groups is 1. The first-order valence-electron chi connectivity index (χ1n) is 13.2. The van der Waals surface area contributed by atoms with Crippen molar-refractivity contribution in [3.05, 3.63) is 94.7 Å². The van der Waals surface area contributed by atoms with Crippen molar-refractivity contribution >= 4 is 22.6 Å². The third kappa shape index (κ3) is 9.16. The molecule has 222 valence electrons. The van der Waals surface area contributed by atoms with E-state index < -0.39 is 24.6 Å². The Morgan fingerprint density at radius 1 is 1.29 bits per heavy atom. The number of nitrogens with two attached hydrogens (primary N) is 1. The minimum Gasteiger partial charge on any atom is -0.371 e. The number of hydrazone groups is 1. The molecule has 1 unspecified atom stereocenters. The van der Waals surface area contributed by atoms with E-state index in [0.29, 0.717) is 30.7 Å². The van der Waals surface area contributed by atoms with Crippen molar-refractivity contribution in [1.82, 2.24) is 9.91 Å². The van der Waals surface area contributed by atoms with Crippen molar-refractivity contribution in [3.8, 4) is 0 Å². The predicted molar refractivity (Wildman–Crippen MR) is 155 cm³/mol. The Balaban J connectivity index is 1.75. The number of nitrogens with zero attached hydrogens (tertiary/aromatic N) is 3. The third-order valence-corrected chi connectivity index (χ3v) is 7.79. The van der Waals surface area contributed by atoms with Crippen LogP contribution in [0.25, 0.3) is 0 Å². The van der Waals surface area contributed by atoms with Gasteiger partial charge in [-0.25, -0.2) is 8.78 Å². The van der Waals surface area contributed by atoms with Gasteiger partial charge in [-0.15, -0.1) is 0 Å². The van der Waals surface area contributed by atoms with Crippen LogP contribution in [0.1, 0.15) is 49.0 Å². The van der Waals surface area contributed by atoms with Gasteiger partial charge in [0.2, 0.25) is 0 Å². The van der Waals surface area contributed by atoms with Gasteiger partial charge in [0.1, 0.15) is 6.67 Å². The molecule has 1 heterocycles. The zero-order valence-electron chi connectivity index (χ0n) is 23.0. The Bertz CT molecular complexity index is 1250. The molecule has 2 aliphatic rings. The Kier molecular flexibility index (Phi) is 11.5. The van der Waals surface area contributed by atoms with Crippen LogP contribution in [0.3, 0.4) is 0 Å². The number of likely N-dealkylation sites (tertiary alicyclic amines) is 1. The third-order valence-electron chi connectivity index (χ3n) is 6.93. The van der Waals surface area contributed by atoms with E-state index in [0.717, 1.165) is 66.0 Å². The molecule has 0 amide bonds. The average molecular weight is 595 g/mol. The minimum atomic E-state index is -4.68. The summed E-state index contributed by atoms with van der Waals surface area (Å²) in [5, 5.41) is 5.80. The maximum Gasteiger partial charge on any atom is 0.416 e. The molecule has 11 heteroatoms. The molecule has 0 saturated carbocycles. The summed E-state index contributed by atoms with van der Waals surface area (Å²) in [7, 11) is 0. The molecule has 1 aliphatic heterocycles. The standard InChI is InChI=1S/C30H35F5N4OS/c1-4-39(19-24-7-8-25(30(33,34)35)16-27(24)28(32)17-31)37-26-9-5-22(6-10-26)15-29(41-21(3)40)20(2)38-13-11-23(18-36)12-14-38/h4-9,15-16,23,28H,1-2,10-14,17-19,36H2,3H3/b29-15-,37-26-. The number of hydrogen-bond acceptors (Lipinski definition) is 6. The number of benzene rings is 1. The zero-order chi connectivity index (χ0) is 30.2. The summed E-state index contributed by atoms with van der Waals surface area (Å²) < 4.78 is 66.7. The highest BCUT2D eigenvalue weighted by atomic mass is 32.2. The van der Waals surface area contributed by atoms with Crippen LogP contribution in [-0.2, 0) is 17.5 Å². The predicted octanol–water partition coefficient (Wildman–Crippen LogP) is 7.22. The van der Waals surface area contributed by atoms with Crippen LogP contribution < -0.4 is 5.73 Å². The molecule has 2 N–H and O–H groups in total. The average Bonchev–Trinajstić information content (AvgIpc) is 2.96. The first-order chi connectivity index (χ1) is 19.4. The van der Waals surface area contributed by atoms with Gasteiger partial charge in [0.15, 0.2) is 11.3 Å². The molecular formula is C30H35F5N4OS. The van der Waals surface area contributed by atoms with E-state index in [-0.39, 0.29) is 22.8 Å². The number of rotatable bonds is 11. The van der Waals surface area contributed by atoms with E-state index in [1.165, 1.54) is 18.1 Å². The van der Waals surface area contributed by atoms with E-state index >= 15 is 0 Å². The van der Waals surface area contributed by atoms with Gasteiger partial charge in [0.25, 0.3) is 0 Å². The van der Waals surface area contributed by atoms with Crippen molar-refractivity contribution in [2.24, 2.45) is 16.8 Å². The first kappa shape index (κ1) is 32.3. The molecule has 1 atom stereocenters. The van der Waals surface area contributed by atoms with Crippen molar-refractivity contribution < 1.29 is 26.7 Å². The van der Waals surface area contributed by atoms with E-state index in [4.69, 9.17) is 5.73 Å². The second-order valence-electron chi connectivity index (χ2n) is 9.86. The smallest absolute Gasteiger partial charge is 0.371 e. The second kappa shape index (κ2) is 14.6. The Morgan fingerprint density at radius 3 is 2.54 bits per heavy atom. The van der Waals surface area contributed by atoms with Crippen LogP contribution in [0.15, 0.2) is 83.1 Å². The summed E-state index contributed by atoms with van der Waals surface area (Å²) >= 11 is 1.13. The summed E-state index contributed by atoms with van der Waals surface area (Å²) in [6, 6.07) is 2.61. The first-order valence-corrected chi connectivity index (χ1v) is 14.1. The van der Waals surface area contributed by atoms with Gasteiger partial charge in [0, 0.05) is 43.2 Å². The number of carbonyl (C=O) groups excluding carboxylic acids is 1. The SMILES string of the molecule is C=CN(Cc1ccc(C(F)(F)F)cc1C(F)CF)/N=C1/C=CC(/C=C(\SC(C)=O)C(=C)N2CCC(CN)CC2)=CC1. The summed E-state index contributed by atoms with van der Waals surface area (Å²) in [5.41, 5.74) is 6.84. The van der Waals surface area contributed by atoms with Crippen molar-refractivity contribution in [1.29, 1.82) is 0 Å². The lowest BCUT2D eigenvalue weighted by molar-refractivity contribution is -0.137. The summed E-state index contributed by atoms with van der Waals surface area (Å²) in [6.45, 7) is 10.2. The van der Waals surface area contributed by atoms with Crippen LogP contribution in [0.5, 0.6) is 0 Å². The lowest BCUT2D eigenvalue weighted by Crippen LogP contribution is -2.35. The van der Waals surface area contributed by atoms with Gasteiger partial charge in [-0.2, -0.15) is 18.3 Å². The number of piperidine rings is 1. The normalized spacial score (nSPS) is 18.3. The lowest BCUT2D eigenvalue weighted by Gasteiger charge is -2.35. The maximum absolute atomic E-state index is 14.3. The largest absolute Gasteiger partial charge is 0.416 e. The molecule has 1 aromatic rings. The number of allylic oxidation sites excluding steroid dienone is 5. The van der Waals surface area contributed by atoms with Crippen LogP contribution in [0.2, 0.25) is 0 Å². The molecule has 1 fully saturated rings. The van der Waals surface area contributed by atoms with Crippen LogP contribution in [0, 0.1) is 5.92 Å². The minimum absolute atomic E-state index is 0.0515. The molecule has 3 rings (SSSR count). The fraction of sp³-hybridized carbons (Fsp3) is 0.400. The highest BCUT2D eigenvalue weighted by Gasteiger charge is 2.32. The molecule has 0 bridgehead atoms. The fourth-order valence-electron chi connectivity index (χ4n) is 4.57. The summed E-state index contributed by atoms with van der Waals surface area (Å²) in [4.78, 5) is 14.9. The monoisotopic (exact) mass is 594 g/mol. The number of halogens is 5. The van der Waals surface area contributed by atoms with E-state index in [1.807, 2.05) is 18.2 Å². The van der Waals surface area contributed by atoms with Gasteiger partial charge < -0.3 is 10.6 Å². The molecule has 0 spiro atoms.